The zero-order valence-electron chi connectivity index (χ0n) is 17.7. The number of hydrogen-bond donors (Lipinski definition) is 1. The SMILES string of the molecule is COc1ccc(-n2nc(C(=O)Nc3ccc4ccccc4c3)nc2-c2ccc(Br)cc2)cc1. The van der Waals surface area contributed by atoms with E-state index in [1.54, 1.807) is 11.8 Å². The molecule has 0 saturated heterocycles. The highest BCUT2D eigenvalue weighted by molar-refractivity contribution is 9.10. The van der Waals surface area contributed by atoms with Gasteiger partial charge < -0.3 is 10.1 Å². The first-order chi connectivity index (χ1) is 16.1. The summed E-state index contributed by atoms with van der Waals surface area (Å²) in [5, 5.41) is 9.60. The fourth-order valence-corrected chi connectivity index (χ4v) is 3.82. The van der Waals surface area contributed by atoms with Crippen molar-refractivity contribution < 1.29 is 9.53 Å². The third-order valence-corrected chi connectivity index (χ3v) is 5.77. The van der Waals surface area contributed by atoms with Gasteiger partial charge in [-0.3, -0.25) is 4.79 Å². The molecule has 0 unspecified atom stereocenters. The molecule has 0 spiro atoms. The zero-order valence-corrected chi connectivity index (χ0v) is 19.3. The summed E-state index contributed by atoms with van der Waals surface area (Å²) in [6.45, 7) is 0. The summed E-state index contributed by atoms with van der Waals surface area (Å²) in [5.74, 6) is 1.00. The van der Waals surface area contributed by atoms with E-state index in [1.165, 1.54) is 0 Å². The van der Waals surface area contributed by atoms with E-state index in [1.807, 2.05) is 91.0 Å². The van der Waals surface area contributed by atoms with Crippen LogP contribution in [0, 0.1) is 0 Å². The van der Waals surface area contributed by atoms with Crippen molar-refractivity contribution in [3.05, 3.63) is 101 Å². The van der Waals surface area contributed by atoms with Gasteiger partial charge in [0.05, 0.1) is 12.8 Å². The number of amides is 1. The Bertz CT molecular complexity index is 1440. The first-order valence-corrected chi connectivity index (χ1v) is 11.1. The van der Waals surface area contributed by atoms with E-state index in [9.17, 15) is 4.79 Å². The van der Waals surface area contributed by atoms with Gasteiger partial charge in [-0.2, -0.15) is 0 Å². The number of rotatable bonds is 5. The average molecular weight is 499 g/mol. The van der Waals surface area contributed by atoms with Crippen molar-refractivity contribution in [1.82, 2.24) is 14.8 Å². The lowest BCUT2D eigenvalue weighted by atomic mass is 10.1. The summed E-state index contributed by atoms with van der Waals surface area (Å²) >= 11 is 3.46. The molecule has 7 heteroatoms. The second kappa shape index (κ2) is 8.88. The minimum absolute atomic E-state index is 0.0805. The standard InChI is InChI=1S/C26H19BrN4O2/c1-33-23-14-12-22(13-15-23)31-25(18-6-9-20(27)10-7-18)29-24(30-31)26(32)28-21-11-8-17-4-2-3-5-19(17)16-21/h2-16H,1H3,(H,28,32). The zero-order chi connectivity index (χ0) is 22.8. The Morgan fingerprint density at radius 2 is 1.64 bits per heavy atom. The van der Waals surface area contributed by atoms with Crippen molar-refractivity contribution in [2.24, 2.45) is 0 Å². The van der Waals surface area contributed by atoms with Gasteiger partial charge in [0, 0.05) is 15.7 Å². The molecule has 1 N–H and O–H groups in total. The summed E-state index contributed by atoms with van der Waals surface area (Å²) in [6.07, 6.45) is 0. The molecule has 0 fully saturated rings. The summed E-state index contributed by atoms with van der Waals surface area (Å²) in [4.78, 5) is 17.6. The highest BCUT2D eigenvalue weighted by Crippen LogP contribution is 2.25. The minimum Gasteiger partial charge on any atom is -0.497 e. The molecular weight excluding hydrogens is 480 g/mol. The van der Waals surface area contributed by atoms with Crippen LogP contribution >= 0.6 is 15.9 Å². The summed E-state index contributed by atoms with van der Waals surface area (Å²) in [6, 6.07) is 28.9. The van der Waals surface area contributed by atoms with Crippen LogP contribution in [-0.2, 0) is 0 Å². The van der Waals surface area contributed by atoms with E-state index < -0.39 is 0 Å². The number of fused-ring (bicyclic) bond motifs is 1. The van der Waals surface area contributed by atoms with Gasteiger partial charge in [0.15, 0.2) is 5.82 Å². The van der Waals surface area contributed by atoms with Gasteiger partial charge in [0.25, 0.3) is 5.91 Å². The first kappa shape index (κ1) is 20.9. The van der Waals surface area contributed by atoms with E-state index >= 15 is 0 Å². The number of benzene rings is 4. The van der Waals surface area contributed by atoms with E-state index in [-0.39, 0.29) is 11.7 Å². The fraction of sp³-hybridized carbons (Fsp3) is 0.0385. The van der Waals surface area contributed by atoms with Crippen LogP contribution in [0.4, 0.5) is 5.69 Å². The van der Waals surface area contributed by atoms with Gasteiger partial charge in [0.1, 0.15) is 5.75 Å². The Morgan fingerprint density at radius 1 is 0.909 bits per heavy atom. The third-order valence-electron chi connectivity index (χ3n) is 5.24. The molecule has 33 heavy (non-hydrogen) atoms. The van der Waals surface area contributed by atoms with Crippen molar-refractivity contribution in [3.8, 4) is 22.8 Å². The lowest BCUT2D eigenvalue weighted by Crippen LogP contribution is -2.14. The molecule has 0 radical (unpaired) electrons. The number of carbonyl (C=O) groups excluding carboxylic acids is 1. The predicted octanol–water partition coefficient (Wildman–Crippen LogP) is 6.11. The van der Waals surface area contributed by atoms with Crippen LogP contribution in [0.2, 0.25) is 0 Å². The van der Waals surface area contributed by atoms with E-state index in [0.29, 0.717) is 11.5 Å². The van der Waals surface area contributed by atoms with Crippen LogP contribution in [0.1, 0.15) is 10.6 Å². The number of hydrogen-bond acceptors (Lipinski definition) is 4. The molecule has 162 valence electrons. The van der Waals surface area contributed by atoms with Gasteiger partial charge in [-0.25, -0.2) is 9.67 Å². The molecule has 0 atom stereocenters. The van der Waals surface area contributed by atoms with Gasteiger partial charge in [0.2, 0.25) is 5.82 Å². The monoisotopic (exact) mass is 498 g/mol. The predicted molar refractivity (Wildman–Crippen MR) is 133 cm³/mol. The van der Waals surface area contributed by atoms with Crippen LogP contribution in [0.15, 0.2) is 95.5 Å². The summed E-state index contributed by atoms with van der Waals surface area (Å²) in [5.41, 5.74) is 2.29. The van der Waals surface area contributed by atoms with Crippen molar-refractivity contribution in [2.75, 3.05) is 12.4 Å². The number of halogens is 1. The fourth-order valence-electron chi connectivity index (χ4n) is 3.55. The van der Waals surface area contributed by atoms with E-state index in [2.05, 4.69) is 31.3 Å². The molecular formula is C26H19BrN4O2. The molecule has 0 aliphatic rings. The van der Waals surface area contributed by atoms with Gasteiger partial charge >= 0.3 is 0 Å². The quantitative estimate of drug-likeness (QED) is 0.317. The molecule has 1 amide bonds. The maximum atomic E-state index is 13.1. The topological polar surface area (TPSA) is 69.0 Å². The lowest BCUT2D eigenvalue weighted by Gasteiger charge is -2.07. The molecule has 6 nitrogen and oxygen atoms in total. The second-order valence-electron chi connectivity index (χ2n) is 7.39. The Morgan fingerprint density at radius 3 is 2.36 bits per heavy atom. The number of nitrogens with one attached hydrogen (secondary N) is 1. The second-order valence-corrected chi connectivity index (χ2v) is 8.31. The molecule has 5 rings (SSSR count). The van der Waals surface area contributed by atoms with E-state index in [0.717, 1.165) is 32.2 Å². The number of methoxy groups -OCH3 is 1. The van der Waals surface area contributed by atoms with Crippen LogP contribution in [0.25, 0.3) is 27.8 Å². The summed E-state index contributed by atoms with van der Waals surface area (Å²) < 4.78 is 7.88. The molecule has 1 heterocycles. The maximum absolute atomic E-state index is 13.1. The number of ether oxygens (including phenoxy) is 1. The molecule has 0 aliphatic carbocycles. The summed E-state index contributed by atoms with van der Waals surface area (Å²) in [7, 11) is 1.62. The van der Waals surface area contributed by atoms with Crippen LogP contribution in [-0.4, -0.2) is 27.8 Å². The van der Waals surface area contributed by atoms with Crippen LogP contribution in [0.3, 0.4) is 0 Å². The highest BCUT2D eigenvalue weighted by atomic mass is 79.9. The van der Waals surface area contributed by atoms with Gasteiger partial charge in [-0.15, -0.1) is 5.10 Å². The molecule has 1 aromatic heterocycles. The van der Waals surface area contributed by atoms with Crippen molar-refractivity contribution in [3.63, 3.8) is 0 Å². The Hall–Kier alpha value is -3.97. The highest BCUT2D eigenvalue weighted by Gasteiger charge is 2.19. The number of nitrogens with zero attached hydrogens (tertiary/aromatic N) is 3. The Labute approximate surface area is 199 Å². The third kappa shape index (κ3) is 4.36. The molecule has 0 bridgehead atoms. The first-order valence-electron chi connectivity index (χ1n) is 10.3. The van der Waals surface area contributed by atoms with Crippen molar-refractivity contribution in [1.29, 1.82) is 0 Å². The molecule has 0 aliphatic heterocycles. The largest absolute Gasteiger partial charge is 0.497 e. The normalized spacial score (nSPS) is 10.8. The lowest BCUT2D eigenvalue weighted by molar-refractivity contribution is 0.101. The van der Waals surface area contributed by atoms with Gasteiger partial charge in [-0.1, -0.05) is 58.4 Å². The molecule has 0 saturated carbocycles. The van der Waals surface area contributed by atoms with Crippen molar-refractivity contribution >= 4 is 38.3 Å². The molecule has 5 aromatic rings. The number of anilines is 1. The Balaban J connectivity index is 1.52. The van der Waals surface area contributed by atoms with Crippen LogP contribution in [0.5, 0.6) is 5.75 Å². The van der Waals surface area contributed by atoms with Gasteiger partial charge in [-0.05, 0) is 59.3 Å². The van der Waals surface area contributed by atoms with E-state index in [4.69, 9.17) is 4.74 Å². The Kier molecular flexibility index (Phi) is 5.62. The minimum atomic E-state index is -0.379. The number of aromatic nitrogens is 3. The van der Waals surface area contributed by atoms with Crippen LogP contribution < -0.4 is 10.1 Å². The molecule has 4 aromatic carbocycles. The maximum Gasteiger partial charge on any atom is 0.295 e. The number of carbonyl (C=O) groups is 1. The smallest absolute Gasteiger partial charge is 0.295 e. The van der Waals surface area contributed by atoms with Crippen molar-refractivity contribution in [2.45, 2.75) is 0 Å². The average Bonchev–Trinajstić information content (AvgIpc) is 3.30.